The van der Waals surface area contributed by atoms with Gasteiger partial charge in [-0.15, -0.1) is 0 Å². The molecule has 14 heavy (non-hydrogen) atoms. The summed E-state index contributed by atoms with van der Waals surface area (Å²) in [5.41, 5.74) is 0. The highest BCUT2D eigenvalue weighted by molar-refractivity contribution is 4.63. The smallest absolute Gasteiger partial charge is 0.100 e. The van der Waals surface area contributed by atoms with E-state index in [2.05, 4.69) is 0 Å². The van der Waals surface area contributed by atoms with Gasteiger partial charge in [-0.1, -0.05) is 32.1 Å². The van der Waals surface area contributed by atoms with Crippen LogP contribution in [0.1, 0.15) is 64.2 Å². The largest absolute Gasteiger partial charge is 0.393 e. The van der Waals surface area contributed by atoms with Crippen molar-refractivity contribution >= 4 is 0 Å². The van der Waals surface area contributed by atoms with Gasteiger partial charge in [-0.3, -0.25) is 0 Å². The summed E-state index contributed by atoms with van der Waals surface area (Å²) in [6, 6.07) is 0. The molecule has 0 aliphatic heterocycles. The van der Waals surface area contributed by atoms with Crippen LogP contribution in [0.4, 0.5) is 4.39 Å². The molecule has 0 radical (unpaired) electrons. The summed E-state index contributed by atoms with van der Waals surface area (Å²) in [5.74, 6) is 0. The van der Waals surface area contributed by atoms with Crippen molar-refractivity contribution in [3.05, 3.63) is 0 Å². The number of hydrogen-bond donors (Lipinski definition) is 1. The predicted molar refractivity (Wildman–Crippen MR) is 57.1 cm³/mol. The van der Waals surface area contributed by atoms with E-state index in [1.165, 1.54) is 12.8 Å². The number of hydrogen-bond acceptors (Lipinski definition) is 1. The predicted octanol–water partition coefficient (Wildman–Crippen LogP) is 3.60. The Labute approximate surface area is 86.7 Å². The van der Waals surface area contributed by atoms with E-state index < -0.39 is 6.17 Å². The second kappa shape index (κ2) is 7.22. The minimum absolute atomic E-state index is 0.179. The van der Waals surface area contributed by atoms with Crippen LogP contribution in [0.5, 0.6) is 0 Å². The van der Waals surface area contributed by atoms with Gasteiger partial charge in [0.1, 0.15) is 6.17 Å². The van der Waals surface area contributed by atoms with Gasteiger partial charge in [0.2, 0.25) is 0 Å². The highest BCUT2D eigenvalue weighted by Crippen LogP contribution is 2.18. The summed E-state index contributed by atoms with van der Waals surface area (Å²) in [7, 11) is 0. The monoisotopic (exact) mass is 202 g/mol. The molecular formula is C12H23FO. The highest BCUT2D eigenvalue weighted by atomic mass is 19.1. The van der Waals surface area contributed by atoms with E-state index in [0.717, 1.165) is 44.9 Å². The molecule has 1 aliphatic rings. The lowest BCUT2D eigenvalue weighted by Crippen LogP contribution is -2.09. The molecule has 0 aromatic carbocycles. The van der Waals surface area contributed by atoms with Crippen molar-refractivity contribution in [2.45, 2.75) is 76.5 Å². The topological polar surface area (TPSA) is 20.2 Å². The number of rotatable bonds is 0. The average Bonchev–Trinajstić information content (AvgIpc) is 2.14. The Morgan fingerprint density at radius 1 is 0.714 bits per heavy atom. The Morgan fingerprint density at radius 3 is 2.00 bits per heavy atom. The zero-order valence-corrected chi connectivity index (χ0v) is 9.05. The van der Waals surface area contributed by atoms with E-state index in [-0.39, 0.29) is 6.10 Å². The van der Waals surface area contributed by atoms with Crippen molar-refractivity contribution in [1.82, 2.24) is 0 Å². The van der Waals surface area contributed by atoms with Gasteiger partial charge in [0, 0.05) is 0 Å². The summed E-state index contributed by atoms with van der Waals surface area (Å²) in [5, 5.41) is 9.56. The Bertz CT molecular complexity index is 124. The first-order valence-corrected chi connectivity index (χ1v) is 6.11. The number of aliphatic hydroxyl groups excluding tert-OH is 1. The third-order valence-electron chi connectivity index (χ3n) is 3.11. The van der Waals surface area contributed by atoms with Gasteiger partial charge in [0.15, 0.2) is 0 Å². The maximum Gasteiger partial charge on any atom is 0.100 e. The number of halogens is 1. The summed E-state index contributed by atoms with van der Waals surface area (Å²) >= 11 is 0. The fourth-order valence-electron chi connectivity index (χ4n) is 2.14. The lowest BCUT2D eigenvalue weighted by Gasteiger charge is -2.13. The van der Waals surface area contributed by atoms with Crippen LogP contribution in [0.15, 0.2) is 0 Å². The van der Waals surface area contributed by atoms with Crippen LogP contribution >= 0.6 is 0 Å². The molecule has 1 rings (SSSR count). The van der Waals surface area contributed by atoms with Crippen LogP contribution < -0.4 is 0 Å². The minimum Gasteiger partial charge on any atom is -0.393 e. The molecule has 2 unspecified atom stereocenters. The van der Waals surface area contributed by atoms with Crippen LogP contribution in [0.2, 0.25) is 0 Å². The third kappa shape index (κ3) is 5.58. The molecule has 2 heteroatoms. The fraction of sp³-hybridized carbons (Fsp3) is 1.00. The molecule has 1 fully saturated rings. The van der Waals surface area contributed by atoms with E-state index in [9.17, 15) is 9.50 Å². The summed E-state index contributed by atoms with van der Waals surface area (Å²) in [6.07, 6.45) is 8.89. The standard InChI is InChI=1S/C12H23FO/c13-11-7-4-2-1-3-5-9-12(14)10-6-8-11/h11-12,14H,1-10H2. The molecule has 0 bridgehead atoms. The van der Waals surface area contributed by atoms with Gasteiger partial charge >= 0.3 is 0 Å². The van der Waals surface area contributed by atoms with Gasteiger partial charge in [0.05, 0.1) is 6.10 Å². The van der Waals surface area contributed by atoms with Crippen LogP contribution in [0, 0.1) is 0 Å². The molecule has 0 aromatic heterocycles. The van der Waals surface area contributed by atoms with E-state index >= 15 is 0 Å². The van der Waals surface area contributed by atoms with Crippen molar-refractivity contribution in [3.8, 4) is 0 Å². The highest BCUT2D eigenvalue weighted by Gasteiger charge is 2.10. The first-order chi connectivity index (χ1) is 6.79. The van der Waals surface area contributed by atoms with Crippen molar-refractivity contribution < 1.29 is 9.50 Å². The van der Waals surface area contributed by atoms with Gasteiger partial charge < -0.3 is 5.11 Å². The molecule has 2 atom stereocenters. The molecule has 1 aliphatic carbocycles. The second-order valence-electron chi connectivity index (χ2n) is 4.53. The number of aliphatic hydroxyl groups is 1. The molecule has 0 saturated heterocycles. The normalized spacial score (nSPS) is 33.0. The van der Waals surface area contributed by atoms with E-state index in [4.69, 9.17) is 0 Å². The summed E-state index contributed by atoms with van der Waals surface area (Å²) in [6.45, 7) is 0. The maximum absolute atomic E-state index is 13.2. The average molecular weight is 202 g/mol. The molecule has 0 spiro atoms. The summed E-state index contributed by atoms with van der Waals surface area (Å²) < 4.78 is 13.2. The van der Waals surface area contributed by atoms with Crippen LogP contribution in [0.25, 0.3) is 0 Å². The summed E-state index contributed by atoms with van der Waals surface area (Å²) in [4.78, 5) is 0. The van der Waals surface area contributed by atoms with Gasteiger partial charge in [-0.05, 0) is 32.1 Å². The van der Waals surface area contributed by atoms with Crippen molar-refractivity contribution in [3.63, 3.8) is 0 Å². The Hall–Kier alpha value is -0.110. The van der Waals surface area contributed by atoms with Gasteiger partial charge in [0.25, 0.3) is 0 Å². The SMILES string of the molecule is OC1CCCCCCCC(F)CCC1. The van der Waals surface area contributed by atoms with Crippen molar-refractivity contribution in [2.75, 3.05) is 0 Å². The second-order valence-corrected chi connectivity index (χ2v) is 4.53. The molecular weight excluding hydrogens is 179 g/mol. The lowest BCUT2D eigenvalue weighted by atomic mass is 9.99. The van der Waals surface area contributed by atoms with Crippen molar-refractivity contribution in [2.24, 2.45) is 0 Å². The zero-order chi connectivity index (χ0) is 10.2. The molecule has 0 heterocycles. The minimum atomic E-state index is -0.623. The molecule has 0 aromatic rings. The first kappa shape index (κ1) is 12.0. The maximum atomic E-state index is 13.2. The Kier molecular flexibility index (Phi) is 6.17. The van der Waals surface area contributed by atoms with Crippen LogP contribution in [0.3, 0.4) is 0 Å². The quantitative estimate of drug-likeness (QED) is 0.636. The fourth-order valence-corrected chi connectivity index (χ4v) is 2.14. The van der Waals surface area contributed by atoms with Gasteiger partial charge in [-0.25, -0.2) is 4.39 Å². The van der Waals surface area contributed by atoms with E-state index in [0.29, 0.717) is 6.42 Å². The molecule has 0 amide bonds. The molecule has 84 valence electrons. The first-order valence-electron chi connectivity index (χ1n) is 6.11. The van der Waals surface area contributed by atoms with Crippen LogP contribution in [-0.2, 0) is 0 Å². The van der Waals surface area contributed by atoms with E-state index in [1.54, 1.807) is 0 Å². The number of alkyl halides is 1. The molecule has 1 nitrogen and oxygen atoms in total. The Balaban J connectivity index is 2.21. The van der Waals surface area contributed by atoms with Crippen molar-refractivity contribution in [1.29, 1.82) is 0 Å². The van der Waals surface area contributed by atoms with E-state index in [1.807, 2.05) is 0 Å². The Morgan fingerprint density at radius 2 is 1.21 bits per heavy atom. The van der Waals surface area contributed by atoms with Gasteiger partial charge in [-0.2, -0.15) is 0 Å². The molecule has 1 saturated carbocycles. The lowest BCUT2D eigenvalue weighted by molar-refractivity contribution is 0.141. The zero-order valence-electron chi connectivity index (χ0n) is 9.05. The third-order valence-corrected chi connectivity index (χ3v) is 3.11. The van der Waals surface area contributed by atoms with Crippen LogP contribution in [-0.4, -0.2) is 17.4 Å². The molecule has 1 N–H and O–H groups in total.